The number of benzene rings is 2. The van der Waals surface area contributed by atoms with E-state index in [2.05, 4.69) is 15.0 Å². The van der Waals surface area contributed by atoms with Gasteiger partial charge in [0.25, 0.3) is 5.91 Å². The largest absolute Gasteiger partial charge is 0.508 e. The van der Waals surface area contributed by atoms with E-state index in [0.717, 1.165) is 37.9 Å². The lowest BCUT2D eigenvalue weighted by atomic mass is 9.94. The summed E-state index contributed by atoms with van der Waals surface area (Å²) in [5.41, 5.74) is 1.61. The Hall–Kier alpha value is -4.95. The molecule has 12 nitrogen and oxygen atoms in total. The maximum atomic E-state index is 17.2. The topological polar surface area (TPSA) is 122 Å². The van der Waals surface area contributed by atoms with Gasteiger partial charge in [0.15, 0.2) is 11.5 Å². The Morgan fingerprint density at radius 3 is 2.74 bits per heavy atom. The Kier molecular flexibility index (Phi) is 9.13. The maximum Gasteiger partial charge on any atom is 0.319 e. The van der Waals surface area contributed by atoms with Crippen molar-refractivity contribution < 1.29 is 28.2 Å². The zero-order valence-corrected chi connectivity index (χ0v) is 30.5. The molecule has 8 rings (SSSR count). The van der Waals surface area contributed by atoms with E-state index in [9.17, 15) is 9.90 Å². The van der Waals surface area contributed by atoms with Gasteiger partial charge in [-0.25, -0.2) is 8.78 Å². The maximum absolute atomic E-state index is 17.2. The fourth-order valence-electron chi connectivity index (χ4n) is 8.70. The molecule has 2 aromatic carbocycles. The lowest BCUT2D eigenvalue weighted by molar-refractivity contribution is 0.0521. The fourth-order valence-corrected chi connectivity index (χ4v) is 8.70. The minimum atomic E-state index is -0.727. The number of ether oxygens (including phenoxy) is 2. The van der Waals surface area contributed by atoms with Crippen LogP contribution in [0.4, 0.5) is 14.6 Å². The van der Waals surface area contributed by atoms with Crippen molar-refractivity contribution in [2.45, 2.75) is 70.1 Å². The molecule has 14 heteroatoms. The Balaban J connectivity index is 1.25. The number of halogens is 2. The molecule has 3 aromatic heterocycles. The summed E-state index contributed by atoms with van der Waals surface area (Å²) >= 11 is 0. The monoisotopic (exact) mass is 726 g/mol. The third kappa shape index (κ3) is 6.11. The third-order valence-electron chi connectivity index (χ3n) is 11.2. The summed E-state index contributed by atoms with van der Waals surface area (Å²) in [5.74, 6) is -0.973. The molecule has 1 amide bonds. The Bertz CT molecular complexity index is 2230. The highest BCUT2D eigenvalue weighted by Crippen LogP contribution is 2.43. The number of hydrogen-bond acceptors (Lipinski definition) is 10. The van der Waals surface area contributed by atoms with Crippen molar-refractivity contribution >= 4 is 33.4 Å². The Morgan fingerprint density at radius 2 is 1.94 bits per heavy atom. The number of pyridine rings is 1. The first-order chi connectivity index (χ1) is 25.6. The molecule has 53 heavy (non-hydrogen) atoms. The molecule has 0 unspecified atom stereocenters. The SMILES string of the molecule is CCc1c(F)ccc2cc(O)cc(-c3ncc4c(N5CCCn6nc(C(=O)N(C)C)cc6C5)nc(OC[C@]56CCCN5[C@H](COC)CC6)nc4c3F)c12. The van der Waals surface area contributed by atoms with Gasteiger partial charge in [-0.15, -0.1) is 0 Å². The number of amides is 1. The third-order valence-corrected chi connectivity index (χ3v) is 11.2. The number of fused-ring (bicyclic) bond motifs is 4. The zero-order chi connectivity index (χ0) is 37.0. The molecule has 0 spiro atoms. The first-order valence-electron chi connectivity index (χ1n) is 18.3. The van der Waals surface area contributed by atoms with Crippen LogP contribution in [0.5, 0.6) is 11.8 Å². The molecule has 6 heterocycles. The Labute approximate surface area is 306 Å². The van der Waals surface area contributed by atoms with Gasteiger partial charge in [0.05, 0.1) is 29.8 Å². The van der Waals surface area contributed by atoms with Crippen LogP contribution in [0.1, 0.15) is 60.8 Å². The molecule has 3 aliphatic heterocycles. The first-order valence-corrected chi connectivity index (χ1v) is 18.3. The molecule has 3 aliphatic rings. The van der Waals surface area contributed by atoms with Crippen LogP contribution >= 0.6 is 0 Å². The molecule has 0 radical (unpaired) electrons. The van der Waals surface area contributed by atoms with Crippen molar-refractivity contribution in [3.05, 3.63) is 65.1 Å². The van der Waals surface area contributed by atoms with Gasteiger partial charge in [0, 0.05) is 52.1 Å². The molecule has 2 fully saturated rings. The van der Waals surface area contributed by atoms with Crippen LogP contribution in [-0.4, -0.2) is 105 Å². The number of rotatable bonds is 9. The summed E-state index contributed by atoms with van der Waals surface area (Å²) in [6.45, 7) is 5.32. The van der Waals surface area contributed by atoms with Crippen LogP contribution in [-0.2, 0) is 24.2 Å². The number of methoxy groups -OCH3 is 1. The van der Waals surface area contributed by atoms with Gasteiger partial charge in [0.1, 0.15) is 35.2 Å². The highest BCUT2D eigenvalue weighted by atomic mass is 19.1. The minimum absolute atomic E-state index is 0.00614. The predicted octanol–water partition coefficient (Wildman–Crippen LogP) is 5.72. The standard InChI is InChI=1S/C39H44F2N8O4/c1-5-27-30(40)9-8-23-16-26(50)18-28(32(23)27)34-33(41)35-29(19-42-34)36(47-13-7-15-49-25(20-47)17-31(45-49)37(51)46(2)3)44-38(43-35)53-22-39-11-6-14-48(39)24(10-12-39)21-52-4/h8-9,16-19,24,50H,5-7,10-15,20-22H2,1-4H3/t24-,39+/m0/s1. The summed E-state index contributed by atoms with van der Waals surface area (Å²) in [6.07, 6.45) is 6.58. The van der Waals surface area contributed by atoms with E-state index >= 15 is 8.78 Å². The second kappa shape index (κ2) is 13.8. The molecule has 2 atom stereocenters. The molecule has 278 valence electrons. The minimum Gasteiger partial charge on any atom is -0.508 e. The lowest BCUT2D eigenvalue weighted by Gasteiger charge is -2.34. The van der Waals surface area contributed by atoms with Crippen molar-refractivity contribution in [2.75, 3.05) is 52.4 Å². The highest BCUT2D eigenvalue weighted by Gasteiger charge is 2.49. The summed E-state index contributed by atoms with van der Waals surface area (Å²) in [6, 6.07) is 8.04. The van der Waals surface area contributed by atoms with E-state index in [1.54, 1.807) is 39.5 Å². The normalized spacial score (nSPS) is 20.2. The van der Waals surface area contributed by atoms with Crippen molar-refractivity contribution in [2.24, 2.45) is 0 Å². The van der Waals surface area contributed by atoms with E-state index in [1.807, 2.05) is 16.5 Å². The number of nitrogens with zero attached hydrogens (tertiary/aromatic N) is 8. The van der Waals surface area contributed by atoms with E-state index in [4.69, 9.17) is 19.4 Å². The number of hydrogen-bond donors (Lipinski definition) is 1. The molecular weight excluding hydrogens is 682 g/mol. The molecular formula is C39H44F2N8O4. The lowest BCUT2D eigenvalue weighted by Crippen LogP contribution is -2.47. The van der Waals surface area contributed by atoms with E-state index < -0.39 is 11.6 Å². The van der Waals surface area contributed by atoms with Crippen molar-refractivity contribution in [1.29, 1.82) is 0 Å². The van der Waals surface area contributed by atoms with E-state index in [-0.39, 0.29) is 40.0 Å². The van der Waals surface area contributed by atoms with E-state index in [0.29, 0.717) is 85.0 Å². The van der Waals surface area contributed by atoms with Crippen molar-refractivity contribution in [3.63, 3.8) is 0 Å². The van der Waals surface area contributed by atoms with Gasteiger partial charge in [0.2, 0.25) is 0 Å². The number of aromatic nitrogens is 5. The summed E-state index contributed by atoms with van der Waals surface area (Å²) in [5, 5.41) is 16.7. The van der Waals surface area contributed by atoms with Crippen LogP contribution in [0.15, 0.2) is 36.5 Å². The average Bonchev–Trinajstić information content (AvgIpc) is 3.80. The summed E-state index contributed by atoms with van der Waals surface area (Å²) < 4.78 is 46.2. The Morgan fingerprint density at radius 1 is 1.09 bits per heavy atom. The van der Waals surface area contributed by atoms with Gasteiger partial charge in [-0.2, -0.15) is 15.1 Å². The summed E-state index contributed by atoms with van der Waals surface area (Å²) in [4.78, 5) is 33.0. The molecule has 0 aliphatic carbocycles. The predicted molar refractivity (Wildman–Crippen MR) is 196 cm³/mol. The molecule has 5 aromatic rings. The van der Waals surface area contributed by atoms with Crippen LogP contribution < -0.4 is 9.64 Å². The van der Waals surface area contributed by atoms with Gasteiger partial charge < -0.3 is 24.4 Å². The van der Waals surface area contributed by atoms with Crippen molar-refractivity contribution in [3.8, 4) is 23.0 Å². The zero-order valence-electron chi connectivity index (χ0n) is 30.5. The number of carbonyl (C=O) groups is 1. The second-order valence-corrected chi connectivity index (χ2v) is 14.7. The quantitative estimate of drug-likeness (QED) is 0.202. The molecule has 2 saturated heterocycles. The van der Waals surface area contributed by atoms with E-state index in [1.165, 1.54) is 23.1 Å². The van der Waals surface area contributed by atoms with Gasteiger partial charge in [-0.1, -0.05) is 13.0 Å². The number of aryl methyl sites for hydroxylation is 2. The fraction of sp³-hybridized carbons (Fsp3) is 0.462. The van der Waals surface area contributed by atoms with Gasteiger partial charge in [-0.3, -0.25) is 19.4 Å². The first kappa shape index (κ1) is 35.1. The molecule has 1 N–H and O–H groups in total. The number of aromatic hydroxyl groups is 1. The summed E-state index contributed by atoms with van der Waals surface area (Å²) in [7, 11) is 5.11. The van der Waals surface area contributed by atoms with Crippen LogP contribution in [0.2, 0.25) is 0 Å². The number of phenolic OH excluding ortho intramolecular Hbond substituents is 1. The van der Waals surface area contributed by atoms with Crippen LogP contribution in [0, 0.1) is 11.6 Å². The number of carbonyl (C=O) groups excluding carboxylic acids is 1. The average molecular weight is 727 g/mol. The number of anilines is 1. The molecule has 0 saturated carbocycles. The van der Waals surface area contributed by atoms with Crippen LogP contribution in [0.25, 0.3) is 32.9 Å². The van der Waals surface area contributed by atoms with Gasteiger partial charge in [-0.05, 0) is 85.7 Å². The van der Waals surface area contributed by atoms with Crippen molar-refractivity contribution in [1.82, 2.24) is 34.5 Å². The van der Waals surface area contributed by atoms with Crippen LogP contribution in [0.3, 0.4) is 0 Å². The molecule has 0 bridgehead atoms. The second-order valence-electron chi connectivity index (χ2n) is 14.7. The highest BCUT2D eigenvalue weighted by molar-refractivity contribution is 6.01. The number of phenols is 1. The smallest absolute Gasteiger partial charge is 0.319 e. The van der Waals surface area contributed by atoms with Gasteiger partial charge >= 0.3 is 6.01 Å².